The highest BCUT2D eigenvalue weighted by Gasteiger charge is 2.39. The fraction of sp³-hybridized carbons (Fsp3) is 0.455. The fourth-order valence-electron chi connectivity index (χ4n) is 1.88. The summed E-state index contributed by atoms with van der Waals surface area (Å²) in [7, 11) is 0. The number of ether oxygens (including phenoxy) is 1. The van der Waals surface area contributed by atoms with Crippen LogP contribution in [0.15, 0.2) is 12.1 Å². The Balaban J connectivity index is 2.07. The van der Waals surface area contributed by atoms with Crippen LogP contribution in [-0.4, -0.2) is 28.2 Å². The lowest BCUT2D eigenvalue weighted by atomic mass is 9.88. The largest absolute Gasteiger partial charge is 0.433 e. The Morgan fingerprint density at radius 2 is 2.00 bits per heavy atom. The Hall–Kier alpha value is -1.63. The number of imidazole rings is 1. The first-order valence-corrected chi connectivity index (χ1v) is 5.41. The Kier molecular flexibility index (Phi) is 2.19. The number of nitrogens with zero attached hydrogens (tertiary/aromatic N) is 2. The second-order valence-corrected chi connectivity index (χ2v) is 4.70. The average molecular weight is 257 g/mol. The van der Waals surface area contributed by atoms with Crippen LogP contribution in [0.1, 0.15) is 18.4 Å². The number of aromatic amines is 1. The minimum Gasteiger partial charge on any atom is -0.379 e. The summed E-state index contributed by atoms with van der Waals surface area (Å²) in [4.78, 5) is 10.7. The molecule has 4 nitrogen and oxygen atoms in total. The van der Waals surface area contributed by atoms with Crippen LogP contribution in [0.5, 0.6) is 0 Å². The lowest BCUT2D eigenvalue weighted by Gasteiger charge is -2.35. The van der Waals surface area contributed by atoms with Crippen molar-refractivity contribution in [1.29, 1.82) is 0 Å². The van der Waals surface area contributed by atoms with Crippen molar-refractivity contribution in [3.63, 3.8) is 0 Å². The molecule has 96 valence electrons. The molecule has 1 N–H and O–H groups in total. The van der Waals surface area contributed by atoms with E-state index in [2.05, 4.69) is 15.0 Å². The van der Waals surface area contributed by atoms with E-state index in [1.807, 2.05) is 6.92 Å². The van der Waals surface area contributed by atoms with E-state index < -0.39 is 11.9 Å². The number of rotatable bonds is 1. The molecular weight excluding hydrogens is 247 g/mol. The van der Waals surface area contributed by atoms with Gasteiger partial charge in [0.15, 0.2) is 5.65 Å². The SMILES string of the molecule is CC1(c2nc3nc(C(F)(F)F)ccc3[nH]2)COC1. The molecule has 1 aliphatic heterocycles. The second-order valence-electron chi connectivity index (χ2n) is 4.70. The van der Waals surface area contributed by atoms with Crippen molar-refractivity contribution >= 4 is 11.2 Å². The number of hydrogen-bond acceptors (Lipinski definition) is 3. The third-order valence-corrected chi connectivity index (χ3v) is 3.05. The van der Waals surface area contributed by atoms with Crippen LogP contribution in [-0.2, 0) is 16.3 Å². The quantitative estimate of drug-likeness (QED) is 0.852. The smallest absolute Gasteiger partial charge is 0.379 e. The van der Waals surface area contributed by atoms with Crippen molar-refractivity contribution in [2.75, 3.05) is 13.2 Å². The fourth-order valence-corrected chi connectivity index (χ4v) is 1.88. The molecule has 1 saturated heterocycles. The molecule has 0 saturated carbocycles. The number of H-pyrrole nitrogens is 1. The van der Waals surface area contributed by atoms with Gasteiger partial charge in [0.2, 0.25) is 0 Å². The number of pyridine rings is 1. The van der Waals surface area contributed by atoms with Crippen LogP contribution < -0.4 is 0 Å². The molecule has 1 aliphatic rings. The van der Waals surface area contributed by atoms with Gasteiger partial charge in [-0.1, -0.05) is 0 Å². The molecule has 7 heteroatoms. The van der Waals surface area contributed by atoms with Gasteiger partial charge in [0.25, 0.3) is 0 Å². The first-order valence-electron chi connectivity index (χ1n) is 5.41. The molecular formula is C11H10F3N3O. The van der Waals surface area contributed by atoms with Gasteiger partial charge in [-0.2, -0.15) is 13.2 Å². The van der Waals surface area contributed by atoms with E-state index in [4.69, 9.17) is 4.74 Å². The summed E-state index contributed by atoms with van der Waals surface area (Å²) in [5.41, 5.74) is -0.582. The molecule has 0 radical (unpaired) electrons. The van der Waals surface area contributed by atoms with E-state index in [1.165, 1.54) is 6.07 Å². The van der Waals surface area contributed by atoms with Crippen LogP contribution >= 0.6 is 0 Å². The molecule has 0 atom stereocenters. The third-order valence-electron chi connectivity index (χ3n) is 3.05. The van der Waals surface area contributed by atoms with Gasteiger partial charge in [-0.25, -0.2) is 9.97 Å². The lowest BCUT2D eigenvalue weighted by molar-refractivity contribution is -0.141. The van der Waals surface area contributed by atoms with Crippen LogP contribution in [0.4, 0.5) is 13.2 Å². The minimum absolute atomic E-state index is 0.0907. The number of fused-ring (bicyclic) bond motifs is 1. The minimum atomic E-state index is -4.45. The predicted octanol–water partition coefficient (Wildman–Crippen LogP) is 2.26. The maximum Gasteiger partial charge on any atom is 0.433 e. The normalized spacial score (nSPS) is 18.9. The zero-order valence-electron chi connectivity index (χ0n) is 9.51. The van der Waals surface area contributed by atoms with E-state index >= 15 is 0 Å². The van der Waals surface area contributed by atoms with Crippen molar-refractivity contribution in [3.8, 4) is 0 Å². The van der Waals surface area contributed by atoms with E-state index in [9.17, 15) is 13.2 Å². The van der Waals surface area contributed by atoms with Gasteiger partial charge in [-0.05, 0) is 19.1 Å². The van der Waals surface area contributed by atoms with E-state index in [-0.39, 0.29) is 11.1 Å². The van der Waals surface area contributed by atoms with Gasteiger partial charge in [-0.15, -0.1) is 0 Å². The molecule has 1 fully saturated rings. The van der Waals surface area contributed by atoms with Gasteiger partial charge in [0.05, 0.1) is 24.1 Å². The number of nitrogens with one attached hydrogen (secondary N) is 1. The lowest BCUT2D eigenvalue weighted by Crippen LogP contribution is -2.44. The molecule has 0 amide bonds. The van der Waals surface area contributed by atoms with Gasteiger partial charge < -0.3 is 9.72 Å². The summed E-state index contributed by atoms with van der Waals surface area (Å²) in [5.74, 6) is 0.621. The number of halogens is 3. The molecule has 0 aromatic carbocycles. The summed E-state index contributed by atoms with van der Waals surface area (Å²) in [6.45, 7) is 2.97. The Bertz CT molecular complexity index is 601. The zero-order valence-corrected chi connectivity index (χ0v) is 9.51. The van der Waals surface area contributed by atoms with Crippen LogP contribution in [0, 0.1) is 0 Å². The molecule has 2 aromatic rings. The van der Waals surface area contributed by atoms with Crippen molar-refractivity contribution < 1.29 is 17.9 Å². The highest BCUT2D eigenvalue weighted by atomic mass is 19.4. The number of alkyl halides is 3. The molecule has 0 spiro atoms. The van der Waals surface area contributed by atoms with E-state index in [1.54, 1.807) is 0 Å². The topological polar surface area (TPSA) is 50.8 Å². The van der Waals surface area contributed by atoms with Crippen molar-refractivity contribution in [2.24, 2.45) is 0 Å². The van der Waals surface area contributed by atoms with Gasteiger partial charge in [0, 0.05) is 0 Å². The molecule has 0 bridgehead atoms. The summed E-state index contributed by atoms with van der Waals surface area (Å²) >= 11 is 0. The maximum absolute atomic E-state index is 12.5. The standard InChI is InChI=1S/C11H10F3N3O/c1-10(4-18-5-10)9-15-6-2-3-7(11(12,13)14)16-8(6)17-9/h2-3H,4-5H2,1H3,(H,15,16,17). The van der Waals surface area contributed by atoms with Crippen LogP contribution in [0.25, 0.3) is 11.2 Å². The van der Waals surface area contributed by atoms with Gasteiger partial charge in [-0.3, -0.25) is 0 Å². The Morgan fingerprint density at radius 3 is 2.56 bits per heavy atom. The molecule has 2 aromatic heterocycles. The van der Waals surface area contributed by atoms with Crippen LogP contribution in [0.2, 0.25) is 0 Å². The van der Waals surface area contributed by atoms with E-state index in [0.717, 1.165) is 6.07 Å². The monoisotopic (exact) mass is 257 g/mol. The Morgan fingerprint density at radius 1 is 1.28 bits per heavy atom. The highest BCUT2D eigenvalue weighted by Crippen LogP contribution is 2.32. The van der Waals surface area contributed by atoms with Crippen molar-refractivity contribution in [1.82, 2.24) is 15.0 Å². The summed E-state index contributed by atoms with van der Waals surface area (Å²) in [6.07, 6.45) is -4.45. The molecule has 0 aliphatic carbocycles. The number of hydrogen-bond donors (Lipinski definition) is 1. The first-order chi connectivity index (χ1) is 8.38. The molecule has 18 heavy (non-hydrogen) atoms. The summed E-state index contributed by atoms with van der Waals surface area (Å²) in [5, 5.41) is 0. The molecule has 3 heterocycles. The average Bonchev–Trinajstić information content (AvgIpc) is 2.67. The Labute approximate surface area is 100 Å². The molecule has 0 unspecified atom stereocenters. The zero-order chi connectivity index (χ0) is 13.0. The van der Waals surface area contributed by atoms with Crippen LogP contribution in [0.3, 0.4) is 0 Å². The van der Waals surface area contributed by atoms with Crippen molar-refractivity contribution in [2.45, 2.75) is 18.5 Å². The van der Waals surface area contributed by atoms with E-state index in [0.29, 0.717) is 24.6 Å². The predicted molar refractivity (Wildman–Crippen MR) is 57.1 cm³/mol. The highest BCUT2D eigenvalue weighted by molar-refractivity contribution is 5.71. The summed E-state index contributed by atoms with van der Waals surface area (Å²) in [6, 6.07) is 2.30. The second kappa shape index (κ2) is 3.44. The van der Waals surface area contributed by atoms with Gasteiger partial charge >= 0.3 is 6.18 Å². The summed E-state index contributed by atoms with van der Waals surface area (Å²) < 4.78 is 42.6. The van der Waals surface area contributed by atoms with Gasteiger partial charge in [0.1, 0.15) is 11.5 Å². The van der Waals surface area contributed by atoms with Crippen molar-refractivity contribution in [3.05, 3.63) is 23.7 Å². The number of aromatic nitrogens is 3. The molecule has 3 rings (SSSR count). The maximum atomic E-state index is 12.5. The third kappa shape index (κ3) is 1.66. The first kappa shape index (κ1) is 11.5.